The van der Waals surface area contributed by atoms with Crippen LogP contribution in [0.3, 0.4) is 0 Å². The van der Waals surface area contributed by atoms with E-state index >= 15 is 0 Å². The molecule has 0 radical (unpaired) electrons. The molecule has 4 heteroatoms. The molecule has 2 atom stereocenters. The van der Waals surface area contributed by atoms with E-state index in [0.717, 1.165) is 11.8 Å². The molecule has 0 saturated heterocycles. The van der Waals surface area contributed by atoms with Crippen molar-refractivity contribution >= 4 is 17.7 Å². The predicted molar refractivity (Wildman–Crippen MR) is 60.2 cm³/mol. The van der Waals surface area contributed by atoms with Crippen molar-refractivity contribution < 1.29 is 0 Å². The number of nitrogens with one attached hydrogen (secondary N) is 1. The molecule has 13 heavy (non-hydrogen) atoms. The molecule has 1 aliphatic rings. The Morgan fingerprint density at radius 1 is 1.62 bits per heavy atom. The monoisotopic (exact) mass is 201 g/mol. The summed E-state index contributed by atoms with van der Waals surface area (Å²) in [6, 6.07) is 0.549. The first-order valence-electron chi connectivity index (χ1n) is 4.85. The van der Waals surface area contributed by atoms with E-state index in [9.17, 15) is 0 Å². The fraction of sp³-hybridized carbons (Fsp3) is 0.889. The van der Waals surface area contributed by atoms with E-state index in [-0.39, 0.29) is 0 Å². The van der Waals surface area contributed by atoms with Crippen molar-refractivity contribution in [2.45, 2.75) is 37.5 Å². The summed E-state index contributed by atoms with van der Waals surface area (Å²) in [5.41, 5.74) is 5.68. The van der Waals surface area contributed by atoms with Gasteiger partial charge in [0.2, 0.25) is 0 Å². The predicted octanol–water partition coefficient (Wildman–Crippen LogP) is 1.19. The summed E-state index contributed by atoms with van der Waals surface area (Å²) >= 11 is 1.96. The molecule has 1 saturated carbocycles. The van der Waals surface area contributed by atoms with Gasteiger partial charge in [0.15, 0.2) is 5.96 Å². The van der Waals surface area contributed by atoms with Crippen molar-refractivity contribution in [3.63, 3.8) is 0 Å². The molecule has 3 nitrogen and oxygen atoms in total. The van der Waals surface area contributed by atoms with Crippen LogP contribution in [0.15, 0.2) is 4.99 Å². The lowest BCUT2D eigenvalue weighted by Crippen LogP contribution is -2.38. The number of hydrogen-bond acceptors (Lipinski definition) is 2. The van der Waals surface area contributed by atoms with Crippen LogP contribution in [0.1, 0.15) is 26.2 Å². The zero-order chi connectivity index (χ0) is 9.68. The topological polar surface area (TPSA) is 50.4 Å². The average Bonchev–Trinajstić information content (AvgIpc) is 2.52. The summed E-state index contributed by atoms with van der Waals surface area (Å²) in [6.45, 7) is 2.76. The molecule has 1 fully saturated rings. The molecular formula is C9H19N3S. The van der Waals surface area contributed by atoms with Crippen molar-refractivity contribution in [3.05, 3.63) is 0 Å². The SMILES string of the molecule is CCN=C(N)N[C@@H]1CC[C@H](SC)C1. The van der Waals surface area contributed by atoms with Gasteiger partial charge in [0.1, 0.15) is 0 Å². The summed E-state index contributed by atoms with van der Waals surface area (Å²) in [7, 11) is 0. The van der Waals surface area contributed by atoms with Crippen LogP contribution in [0.4, 0.5) is 0 Å². The minimum atomic E-state index is 0.549. The molecule has 1 rings (SSSR count). The molecule has 0 aromatic carbocycles. The van der Waals surface area contributed by atoms with Crippen LogP contribution in [0, 0.1) is 0 Å². The molecule has 0 amide bonds. The highest BCUT2D eigenvalue weighted by molar-refractivity contribution is 7.99. The lowest BCUT2D eigenvalue weighted by molar-refractivity contribution is 0.627. The largest absolute Gasteiger partial charge is 0.370 e. The van der Waals surface area contributed by atoms with E-state index < -0.39 is 0 Å². The normalized spacial score (nSPS) is 29.2. The number of nitrogens with two attached hydrogens (primary N) is 1. The molecular weight excluding hydrogens is 182 g/mol. The molecule has 0 aromatic rings. The first-order chi connectivity index (χ1) is 6.26. The van der Waals surface area contributed by atoms with Gasteiger partial charge in [-0.1, -0.05) is 0 Å². The van der Waals surface area contributed by atoms with E-state index in [0.29, 0.717) is 12.0 Å². The number of nitrogens with zero attached hydrogens (tertiary/aromatic N) is 1. The fourth-order valence-corrected chi connectivity index (χ4v) is 2.51. The van der Waals surface area contributed by atoms with Gasteiger partial charge in [-0.3, -0.25) is 4.99 Å². The van der Waals surface area contributed by atoms with Crippen LogP contribution >= 0.6 is 11.8 Å². The van der Waals surface area contributed by atoms with E-state index in [1.807, 2.05) is 18.7 Å². The summed E-state index contributed by atoms with van der Waals surface area (Å²) in [5.74, 6) is 0.606. The van der Waals surface area contributed by atoms with Crippen LogP contribution in [-0.4, -0.2) is 30.1 Å². The van der Waals surface area contributed by atoms with Gasteiger partial charge >= 0.3 is 0 Å². The smallest absolute Gasteiger partial charge is 0.188 e. The second kappa shape index (κ2) is 5.37. The van der Waals surface area contributed by atoms with Gasteiger partial charge in [-0.15, -0.1) is 0 Å². The van der Waals surface area contributed by atoms with Crippen molar-refractivity contribution in [2.75, 3.05) is 12.8 Å². The van der Waals surface area contributed by atoms with Crippen LogP contribution in [-0.2, 0) is 0 Å². The Hall–Kier alpha value is -0.380. The number of hydrogen-bond donors (Lipinski definition) is 2. The lowest BCUT2D eigenvalue weighted by atomic mass is 10.2. The maximum atomic E-state index is 5.68. The van der Waals surface area contributed by atoms with E-state index in [1.54, 1.807) is 0 Å². The molecule has 0 heterocycles. The van der Waals surface area contributed by atoms with Gasteiger partial charge in [0.05, 0.1) is 0 Å². The van der Waals surface area contributed by atoms with Gasteiger partial charge in [-0.2, -0.15) is 11.8 Å². The van der Waals surface area contributed by atoms with Gasteiger partial charge < -0.3 is 11.1 Å². The third kappa shape index (κ3) is 3.46. The number of rotatable bonds is 3. The maximum absolute atomic E-state index is 5.68. The number of aliphatic imine (C=N–C) groups is 1. The summed E-state index contributed by atoms with van der Waals surface area (Å²) < 4.78 is 0. The van der Waals surface area contributed by atoms with E-state index in [4.69, 9.17) is 5.73 Å². The Labute approximate surface area is 84.6 Å². The first kappa shape index (κ1) is 10.7. The molecule has 0 aliphatic heterocycles. The van der Waals surface area contributed by atoms with Crippen LogP contribution in [0.5, 0.6) is 0 Å². The van der Waals surface area contributed by atoms with Gasteiger partial charge in [0.25, 0.3) is 0 Å². The first-order valence-corrected chi connectivity index (χ1v) is 6.14. The Kier molecular flexibility index (Phi) is 4.42. The molecule has 76 valence electrons. The Morgan fingerprint density at radius 3 is 2.92 bits per heavy atom. The summed E-state index contributed by atoms with van der Waals surface area (Å²) in [6.07, 6.45) is 5.93. The second-order valence-corrected chi connectivity index (χ2v) is 4.51. The van der Waals surface area contributed by atoms with E-state index in [1.165, 1.54) is 19.3 Å². The van der Waals surface area contributed by atoms with Crippen molar-refractivity contribution in [3.8, 4) is 0 Å². The number of guanidine groups is 1. The summed E-state index contributed by atoms with van der Waals surface area (Å²) in [4.78, 5) is 4.12. The Balaban J connectivity index is 2.27. The van der Waals surface area contributed by atoms with Crippen molar-refractivity contribution in [2.24, 2.45) is 10.7 Å². The highest BCUT2D eigenvalue weighted by atomic mass is 32.2. The molecule has 0 aromatic heterocycles. The molecule has 0 bridgehead atoms. The van der Waals surface area contributed by atoms with Crippen LogP contribution in [0.25, 0.3) is 0 Å². The summed E-state index contributed by atoms with van der Waals surface area (Å²) in [5, 5.41) is 4.07. The standard InChI is InChI=1S/C9H19N3S/c1-3-11-9(10)12-7-4-5-8(6-7)13-2/h7-8H,3-6H2,1-2H3,(H3,10,11,12)/t7-,8+/m1/s1. The van der Waals surface area contributed by atoms with Gasteiger partial charge in [-0.05, 0) is 32.4 Å². The fourth-order valence-electron chi connectivity index (χ4n) is 1.71. The zero-order valence-electron chi connectivity index (χ0n) is 8.42. The third-order valence-electron chi connectivity index (χ3n) is 2.40. The highest BCUT2D eigenvalue weighted by Gasteiger charge is 2.23. The van der Waals surface area contributed by atoms with E-state index in [2.05, 4.69) is 16.6 Å². The van der Waals surface area contributed by atoms with Crippen molar-refractivity contribution in [1.29, 1.82) is 0 Å². The molecule has 0 spiro atoms. The quantitative estimate of drug-likeness (QED) is 0.533. The molecule has 0 unspecified atom stereocenters. The third-order valence-corrected chi connectivity index (χ3v) is 3.49. The van der Waals surface area contributed by atoms with Gasteiger partial charge in [0, 0.05) is 17.8 Å². The highest BCUT2D eigenvalue weighted by Crippen LogP contribution is 2.27. The second-order valence-electron chi connectivity index (χ2n) is 3.37. The number of thioether (sulfide) groups is 1. The van der Waals surface area contributed by atoms with Crippen LogP contribution < -0.4 is 11.1 Å². The van der Waals surface area contributed by atoms with Gasteiger partial charge in [-0.25, -0.2) is 0 Å². The zero-order valence-corrected chi connectivity index (χ0v) is 9.23. The Bertz CT molecular complexity index is 182. The van der Waals surface area contributed by atoms with Crippen LogP contribution in [0.2, 0.25) is 0 Å². The Morgan fingerprint density at radius 2 is 2.38 bits per heavy atom. The maximum Gasteiger partial charge on any atom is 0.188 e. The van der Waals surface area contributed by atoms with Crippen molar-refractivity contribution in [1.82, 2.24) is 5.32 Å². The minimum Gasteiger partial charge on any atom is -0.370 e. The minimum absolute atomic E-state index is 0.549. The molecule has 1 aliphatic carbocycles. The molecule has 3 N–H and O–H groups in total. The average molecular weight is 201 g/mol. The lowest BCUT2D eigenvalue weighted by Gasteiger charge is -2.12.